The van der Waals surface area contributed by atoms with Gasteiger partial charge in [0, 0.05) is 57.3 Å². The van der Waals surface area contributed by atoms with Crippen LogP contribution in [0.25, 0.3) is 22.6 Å². The first-order valence-electron chi connectivity index (χ1n) is 10.1. The van der Waals surface area contributed by atoms with Crippen molar-refractivity contribution >= 4 is 22.5 Å². The van der Waals surface area contributed by atoms with Crippen LogP contribution >= 0.6 is 0 Å². The third-order valence-corrected chi connectivity index (χ3v) is 5.41. The van der Waals surface area contributed by atoms with Crippen LogP contribution in [0, 0.1) is 0 Å². The number of nitrogens with one attached hydrogen (secondary N) is 1. The monoisotopic (exact) mass is 425 g/mol. The van der Waals surface area contributed by atoms with Gasteiger partial charge in [0.2, 0.25) is 0 Å². The van der Waals surface area contributed by atoms with Gasteiger partial charge >= 0.3 is 0 Å². The van der Waals surface area contributed by atoms with Crippen LogP contribution in [0.5, 0.6) is 11.5 Å². The first-order chi connectivity index (χ1) is 15.2. The second kappa shape index (κ2) is 9.27. The molecule has 10 nitrogen and oxygen atoms in total. The molecule has 2 aromatic heterocycles. The van der Waals surface area contributed by atoms with Gasteiger partial charge in [0.05, 0.1) is 31.8 Å². The largest absolute Gasteiger partial charge is 0.491 e. The molecule has 0 radical (unpaired) electrons. The Kier molecular flexibility index (Phi) is 6.28. The molecule has 4 rings (SSSR count). The molecule has 0 spiro atoms. The number of methoxy groups -OCH3 is 3. The molecule has 31 heavy (non-hydrogen) atoms. The third kappa shape index (κ3) is 4.04. The maximum atomic E-state index is 6.33. The number of aromatic nitrogens is 4. The molecular weight excluding hydrogens is 398 g/mol. The molecule has 0 aliphatic carbocycles. The van der Waals surface area contributed by atoms with Crippen LogP contribution in [0.1, 0.15) is 6.42 Å². The predicted molar refractivity (Wildman–Crippen MR) is 119 cm³/mol. The fourth-order valence-electron chi connectivity index (χ4n) is 3.97. The fourth-order valence-corrected chi connectivity index (χ4v) is 3.97. The molecule has 10 heteroatoms. The quantitative estimate of drug-likeness (QED) is 0.539. The molecule has 1 fully saturated rings. The number of nitrogens with zero attached hydrogens (tertiary/aromatic N) is 5. The van der Waals surface area contributed by atoms with Gasteiger partial charge in [-0.2, -0.15) is 0 Å². The smallest absolute Gasteiger partial charge is 0.187 e. The highest BCUT2D eigenvalue weighted by atomic mass is 16.5. The van der Waals surface area contributed by atoms with E-state index in [1.54, 1.807) is 39.9 Å². The summed E-state index contributed by atoms with van der Waals surface area (Å²) in [5.74, 6) is 1.55. The van der Waals surface area contributed by atoms with Gasteiger partial charge in [0.15, 0.2) is 23.0 Å². The molecule has 0 saturated carbocycles. The van der Waals surface area contributed by atoms with E-state index in [2.05, 4.69) is 30.2 Å². The summed E-state index contributed by atoms with van der Waals surface area (Å²) in [5, 5.41) is 3.46. The number of ether oxygens (including phenoxy) is 3. The van der Waals surface area contributed by atoms with Crippen molar-refractivity contribution in [3.8, 4) is 22.9 Å². The standard InChI is InChI=1S/C21H27N7O3/c1-29-9-4-13-11-23-7-8-28(13)17-14(10-15(22)18(30-2)19(17)31-3)20-26-12-16-21(27-20)25-6-5-24-16/h5-6,10,12-13,23H,4,7-9,11,22H2,1-3H3. The van der Waals surface area contributed by atoms with E-state index in [0.29, 0.717) is 40.8 Å². The average Bonchev–Trinajstić information content (AvgIpc) is 2.81. The Bertz CT molecular complexity index is 1060. The van der Waals surface area contributed by atoms with Crippen molar-refractivity contribution in [2.45, 2.75) is 12.5 Å². The number of hydrogen-bond donors (Lipinski definition) is 2. The highest BCUT2D eigenvalue weighted by molar-refractivity contribution is 5.89. The summed E-state index contributed by atoms with van der Waals surface area (Å²) in [5.41, 5.74) is 9.53. The summed E-state index contributed by atoms with van der Waals surface area (Å²) in [7, 11) is 4.91. The number of nitrogen functional groups attached to an aromatic ring is 1. The Labute approximate surface area is 180 Å². The lowest BCUT2D eigenvalue weighted by atomic mass is 10.0. The zero-order valence-electron chi connectivity index (χ0n) is 18.0. The summed E-state index contributed by atoms with van der Waals surface area (Å²) in [6.45, 7) is 3.08. The molecule has 0 bridgehead atoms. The highest BCUT2D eigenvalue weighted by Crippen LogP contribution is 2.48. The molecule has 1 atom stereocenters. The Morgan fingerprint density at radius 2 is 1.94 bits per heavy atom. The molecule has 1 aromatic carbocycles. The number of nitrogens with two attached hydrogens (primary N) is 1. The summed E-state index contributed by atoms with van der Waals surface area (Å²) < 4.78 is 16.8. The van der Waals surface area contributed by atoms with Crippen LogP contribution in [0.3, 0.4) is 0 Å². The lowest BCUT2D eigenvalue weighted by Crippen LogP contribution is -2.52. The van der Waals surface area contributed by atoms with Crippen molar-refractivity contribution in [2.24, 2.45) is 0 Å². The third-order valence-electron chi connectivity index (χ3n) is 5.41. The minimum Gasteiger partial charge on any atom is -0.491 e. The second-order valence-electron chi connectivity index (χ2n) is 7.22. The Morgan fingerprint density at radius 3 is 2.71 bits per heavy atom. The first-order valence-corrected chi connectivity index (χ1v) is 10.1. The molecule has 3 heterocycles. The van der Waals surface area contributed by atoms with Gasteiger partial charge in [-0.05, 0) is 12.5 Å². The van der Waals surface area contributed by atoms with Gasteiger partial charge in [-0.3, -0.25) is 0 Å². The second-order valence-corrected chi connectivity index (χ2v) is 7.22. The van der Waals surface area contributed by atoms with Gasteiger partial charge in [-0.1, -0.05) is 0 Å². The lowest BCUT2D eigenvalue weighted by Gasteiger charge is -2.40. The zero-order valence-corrected chi connectivity index (χ0v) is 18.0. The summed E-state index contributed by atoms with van der Waals surface area (Å²) in [4.78, 5) is 20.1. The summed E-state index contributed by atoms with van der Waals surface area (Å²) >= 11 is 0. The van der Waals surface area contributed by atoms with Gasteiger partial charge in [-0.25, -0.2) is 19.9 Å². The van der Waals surface area contributed by atoms with Crippen molar-refractivity contribution in [2.75, 3.05) is 58.2 Å². The van der Waals surface area contributed by atoms with Crippen LogP contribution in [0.2, 0.25) is 0 Å². The lowest BCUT2D eigenvalue weighted by molar-refractivity contribution is 0.184. The van der Waals surface area contributed by atoms with Gasteiger partial charge in [0.1, 0.15) is 5.52 Å². The van der Waals surface area contributed by atoms with E-state index in [1.165, 1.54) is 0 Å². The van der Waals surface area contributed by atoms with E-state index in [9.17, 15) is 0 Å². The normalized spacial score (nSPS) is 16.5. The molecule has 164 valence electrons. The Morgan fingerprint density at radius 1 is 1.13 bits per heavy atom. The molecule has 0 amide bonds. The fraction of sp³-hybridized carbons (Fsp3) is 0.429. The van der Waals surface area contributed by atoms with Crippen LogP contribution in [-0.2, 0) is 4.74 Å². The van der Waals surface area contributed by atoms with Crippen molar-refractivity contribution < 1.29 is 14.2 Å². The van der Waals surface area contributed by atoms with Crippen molar-refractivity contribution in [1.29, 1.82) is 0 Å². The van der Waals surface area contributed by atoms with Crippen molar-refractivity contribution in [3.63, 3.8) is 0 Å². The van der Waals surface area contributed by atoms with Gasteiger partial charge < -0.3 is 30.2 Å². The highest BCUT2D eigenvalue weighted by Gasteiger charge is 2.31. The van der Waals surface area contributed by atoms with E-state index in [-0.39, 0.29) is 6.04 Å². The van der Waals surface area contributed by atoms with Crippen LogP contribution < -0.4 is 25.4 Å². The molecular formula is C21H27N7O3. The molecule has 1 aliphatic heterocycles. The predicted octanol–water partition coefficient (Wildman–Crippen LogP) is 1.50. The van der Waals surface area contributed by atoms with E-state index in [4.69, 9.17) is 19.9 Å². The number of benzene rings is 1. The van der Waals surface area contributed by atoms with Gasteiger partial charge in [0.25, 0.3) is 0 Å². The van der Waals surface area contributed by atoms with Crippen LogP contribution in [0.15, 0.2) is 24.7 Å². The maximum Gasteiger partial charge on any atom is 0.187 e. The topological polar surface area (TPSA) is 121 Å². The number of piperazine rings is 1. The Hall–Kier alpha value is -3.24. The summed E-state index contributed by atoms with van der Waals surface area (Å²) in [6, 6.07) is 2.03. The van der Waals surface area contributed by atoms with Crippen molar-refractivity contribution in [1.82, 2.24) is 25.3 Å². The maximum absolute atomic E-state index is 6.33. The number of fused-ring (bicyclic) bond motifs is 1. The average molecular weight is 425 g/mol. The van der Waals surface area contributed by atoms with E-state index in [0.717, 1.165) is 37.3 Å². The molecule has 3 N–H and O–H groups in total. The van der Waals surface area contributed by atoms with Gasteiger partial charge in [-0.15, -0.1) is 0 Å². The number of anilines is 2. The molecule has 1 unspecified atom stereocenters. The summed E-state index contributed by atoms with van der Waals surface area (Å²) in [6.07, 6.45) is 5.75. The number of rotatable bonds is 7. The van der Waals surface area contributed by atoms with E-state index >= 15 is 0 Å². The zero-order chi connectivity index (χ0) is 21.8. The van der Waals surface area contributed by atoms with Crippen LogP contribution in [-0.4, -0.2) is 73.5 Å². The van der Waals surface area contributed by atoms with Crippen molar-refractivity contribution in [3.05, 3.63) is 24.7 Å². The minimum atomic E-state index is 0.190. The molecule has 1 saturated heterocycles. The molecule has 3 aromatic rings. The van der Waals surface area contributed by atoms with E-state index in [1.807, 2.05) is 6.07 Å². The van der Waals surface area contributed by atoms with E-state index < -0.39 is 0 Å². The van der Waals surface area contributed by atoms with Crippen LogP contribution in [0.4, 0.5) is 11.4 Å². The minimum absolute atomic E-state index is 0.190. The number of hydrogen-bond acceptors (Lipinski definition) is 10. The first kappa shape index (κ1) is 21.0. The Balaban J connectivity index is 1.92. The SMILES string of the molecule is COCCC1CNCCN1c1c(-c2ncc3nccnc3n2)cc(N)c(OC)c1OC. The molecule has 1 aliphatic rings.